The highest BCUT2D eigenvalue weighted by molar-refractivity contribution is 7.86. The van der Waals surface area contributed by atoms with E-state index < -0.39 is 22.7 Å². The number of piperidine rings is 1. The monoisotopic (exact) mass is 318 g/mol. The van der Waals surface area contributed by atoms with E-state index in [0.29, 0.717) is 25.3 Å². The van der Waals surface area contributed by atoms with Crippen molar-refractivity contribution in [2.24, 2.45) is 11.8 Å². The highest BCUT2D eigenvalue weighted by Crippen LogP contribution is 2.21. The van der Waals surface area contributed by atoms with Crippen LogP contribution >= 0.6 is 0 Å². The molecule has 3 unspecified atom stereocenters. The molecular weight excluding hydrogens is 292 g/mol. The molecule has 1 fully saturated rings. The van der Waals surface area contributed by atoms with Gasteiger partial charge in [0.25, 0.3) is 0 Å². The van der Waals surface area contributed by atoms with Crippen LogP contribution in [0, 0.1) is 11.8 Å². The summed E-state index contributed by atoms with van der Waals surface area (Å²) in [4.78, 5) is 24.7. The number of urea groups is 1. The SMILES string of the molecule is CC1CC(C(=O)O)CN(C(=O)NCCS(=O)C(C)(C)C)C1. The zero-order valence-corrected chi connectivity index (χ0v) is 14.0. The molecule has 1 aliphatic rings. The number of carbonyl (C=O) groups excluding carboxylic acids is 1. The summed E-state index contributed by atoms with van der Waals surface area (Å²) in [6.07, 6.45) is 0.604. The second kappa shape index (κ2) is 7.24. The van der Waals surface area contributed by atoms with Crippen molar-refractivity contribution in [3.05, 3.63) is 0 Å². The summed E-state index contributed by atoms with van der Waals surface area (Å²) in [5, 5.41) is 11.8. The zero-order valence-electron chi connectivity index (χ0n) is 13.2. The lowest BCUT2D eigenvalue weighted by Gasteiger charge is -2.34. The van der Waals surface area contributed by atoms with Gasteiger partial charge in [0, 0.05) is 40.9 Å². The molecule has 0 bridgehead atoms. The Bertz CT molecular complexity index is 420. The van der Waals surface area contributed by atoms with E-state index in [1.807, 2.05) is 27.7 Å². The van der Waals surface area contributed by atoms with Crippen LogP contribution in [0.1, 0.15) is 34.1 Å². The van der Waals surface area contributed by atoms with Gasteiger partial charge >= 0.3 is 12.0 Å². The van der Waals surface area contributed by atoms with E-state index in [1.165, 1.54) is 0 Å². The molecule has 0 saturated carbocycles. The molecule has 0 radical (unpaired) electrons. The summed E-state index contributed by atoms with van der Waals surface area (Å²) in [6, 6.07) is -0.265. The van der Waals surface area contributed by atoms with Crippen LogP contribution in [0.25, 0.3) is 0 Å². The van der Waals surface area contributed by atoms with Gasteiger partial charge in [0.05, 0.1) is 5.92 Å². The van der Waals surface area contributed by atoms with Gasteiger partial charge in [-0.05, 0) is 33.1 Å². The van der Waals surface area contributed by atoms with Crippen LogP contribution in [0.3, 0.4) is 0 Å². The molecule has 2 N–H and O–H groups in total. The topological polar surface area (TPSA) is 86.7 Å². The van der Waals surface area contributed by atoms with Gasteiger partial charge in [-0.15, -0.1) is 0 Å². The van der Waals surface area contributed by atoms with Crippen LogP contribution in [0.2, 0.25) is 0 Å². The van der Waals surface area contributed by atoms with Crippen molar-refractivity contribution in [2.45, 2.75) is 38.9 Å². The summed E-state index contributed by atoms with van der Waals surface area (Å²) >= 11 is 0. The van der Waals surface area contributed by atoms with E-state index in [4.69, 9.17) is 5.11 Å². The van der Waals surface area contributed by atoms with Crippen molar-refractivity contribution in [3.8, 4) is 0 Å². The maximum Gasteiger partial charge on any atom is 0.317 e. The number of carboxylic acid groups (broad SMARTS) is 1. The minimum atomic E-state index is -1.01. The number of carbonyl (C=O) groups is 2. The van der Waals surface area contributed by atoms with Crippen LogP contribution in [0.5, 0.6) is 0 Å². The van der Waals surface area contributed by atoms with Crippen LogP contribution < -0.4 is 5.32 Å². The number of nitrogens with one attached hydrogen (secondary N) is 1. The quantitative estimate of drug-likeness (QED) is 0.817. The number of aliphatic carboxylic acids is 1. The molecule has 0 aliphatic carbocycles. The number of nitrogens with zero attached hydrogens (tertiary/aromatic N) is 1. The Labute approximate surface area is 128 Å². The molecule has 2 amide bonds. The van der Waals surface area contributed by atoms with Crippen LogP contribution in [0.15, 0.2) is 0 Å². The van der Waals surface area contributed by atoms with Crippen LogP contribution in [0.4, 0.5) is 4.79 Å². The largest absolute Gasteiger partial charge is 0.481 e. The van der Waals surface area contributed by atoms with Gasteiger partial charge in [-0.25, -0.2) is 4.79 Å². The fourth-order valence-electron chi connectivity index (χ4n) is 2.36. The Hall–Kier alpha value is -1.11. The molecule has 1 aliphatic heterocycles. The van der Waals surface area contributed by atoms with Gasteiger partial charge < -0.3 is 15.3 Å². The fraction of sp³-hybridized carbons (Fsp3) is 0.857. The number of rotatable bonds is 4. The molecule has 122 valence electrons. The highest BCUT2D eigenvalue weighted by atomic mass is 32.2. The first kappa shape index (κ1) is 17.9. The minimum Gasteiger partial charge on any atom is -0.481 e. The molecule has 3 atom stereocenters. The maximum absolute atomic E-state index is 12.1. The smallest absolute Gasteiger partial charge is 0.317 e. The lowest BCUT2D eigenvalue weighted by atomic mass is 9.91. The molecule has 6 nitrogen and oxygen atoms in total. The van der Waals surface area contributed by atoms with Gasteiger partial charge in [-0.3, -0.25) is 9.00 Å². The first-order valence-corrected chi connectivity index (χ1v) is 8.57. The van der Waals surface area contributed by atoms with E-state index >= 15 is 0 Å². The molecule has 0 aromatic carbocycles. The molecule has 21 heavy (non-hydrogen) atoms. The van der Waals surface area contributed by atoms with Gasteiger partial charge in [-0.2, -0.15) is 0 Å². The summed E-state index contributed by atoms with van der Waals surface area (Å²) < 4.78 is 11.6. The van der Waals surface area contributed by atoms with Crippen molar-refractivity contribution in [2.75, 3.05) is 25.4 Å². The predicted octanol–water partition coefficient (Wildman–Crippen LogP) is 1.29. The van der Waals surface area contributed by atoms with Gasteiger partial charge in [-0.1, -0.05) is 6.92 Å². The average Bonchev–Trinajstić information content (AvgIpc) is 2.36. The number of amides is 2. The molecule has 0 aromatic heterocycles. The van der Waals surface area contributed by atoms with E-state index in [2.05, 4.69) is 5.32 Å². The summed E-state index contributed by atoms with van der Waals surface area (Å²) in [5.41, 5.74) is 0. The van der Waals surface area contributed by atoms with Crippen molar-refractivity contribution < 1.29 is 18.9 Å². The minimum absolute atomic E-state index is 0.175. The average molecular weight is 318 g/mol. The lowest BCUT2D eigenvalue weighted by molar-refractivity contribution is -0.143. The standard InChI is InChI=1S/C14H26N2O4S/c1-10-7-11(12(17)18)9-16(8-10)13(19)15-5-6-21(20)14(2,3)4/h10-11H,5-9H2,1-4H3,(H,15,19)(H,17,18). The number of carboxylic acids is 1. The van der Waals surface area contributed by atoms with Crippen LogP contribution in [-0.2, 0) is 15.6 Å². The summed E-state index contributed by atoms with van der Waals surface area (Å²) in [6.45, 7) is 8.79. The van der Waals surface area contributed by atoms with Crippen molar-refractivity contribution in [1.29, 1.82) is 0 Å². The second-order valence-electron chi connectivity index (χ2n) is 6.67. The molecule has 0 spiro atoms. The third-order valence-corrected chi connectivity index (χ3v) is 5.48. The van der Waals surface area contributed by atoms with Crippen LogP contribution in [-0.4, -0.2) is 56.3 Å². The van der Waals surface area contributed by atoms with Crippen molar-refractivity contribution in [1.82, 2.24) is 10.2 Å². The van der Waals surface area contributed by atoms with E-state index in [-0.39, 0.29) is 23.2 Å². The third kappa shape index (κ3) is 5.65. The molecule has 7 heteroatoms. The van der Waals surface area contributed by atoms with Gasteiger partial charge in [0.15, 0.2) is 0 Å². The molecule has 1 heterocycles. The Morgan fingerprint density at radius 3 is 2.48 bits per heavy atom. The fourth-order valence-corrected chi connectivity index (χ4v) is 3.26. The number of likely N-dealkylation sites (tertiary alicyclic amines) is 1. The first-order chi connectivity index (χ1) is 9.61. The summed E-state index contributed by atoms with van der Waals surface area (Å²) in [5.74, 6) is -0.772. The Balaban J connectivity index is 2.44. The Morgan fingerprint density at radius 1 is 1.33 bits per heavy atom. The lowest BCUT2D eigenvalue weighted by Crippen LogP contribution is -2.50. The second-order valence-corrected chi connectivity index (χ2v) is 9.00. The van der Waals surface area contributed by atoms with Gasteiger partial charge in [0.1, 0.15) is 0 Å². The van der Waals surface area contributed by atoms with E-state index in [9.17, 15) is 13.8 Å². The van der Waals surface area contributed by atoms with Crippen molar-refractivity contribution in [3.63, 3.8) is 0 Å². The Kier molecular flexibility index (Phi) is 6.19. The van der Waals surface area contributed by atoms with E-state index in [0.717, 1.165) is 0 Å². The normalized spacial score (nSPS) is 24.5. The predicted molar refractivity (Wildman–Crippen MR) is 82.6 cm³/mol. The summed E-state index contributed by atoms with van der Waals surface area (Å²) in [7, 11) is -1.01. The first-order valence-electron chi connectivity index (χ1n) is 7.25. The number of hydrogen-bond donors (Lipinski definition) is 2. The molecule has 1 saturated heterocycles. The Morgan fingerprint density at radius 2 is 1.95 bits per heavy atom. The zero-order chi connectivity index (χ0) is 16.2. The van der Waals surface area contributed by atoms with Crippen molar-refractivity contribution >= 4 is 22.8 Å². The highest BCUT2D eigenvalue weighted by Gasteiger charge is 2.31. The molecular formula is C14H26N2O4S. The maximum atomic E-state index is 12.1. The third-order valence-electron chi connectivity index (χ3n) is 3.54. The molecule has 0 aromatic rings. The van der Waals surface area contributed by atoms with Gasteiger partial charge in [0.2, 0.25) is 0 Å². The molecule has 1 rings (SSSR count). The van der Waals surface area contributed by atoms with E-state index in [1.54, 1.807) is 4.90 Å². The number of hydrogen-bond acceptors (Lipinski definition) is 3.